The van der Waals surface area contributed by atoms with Crippen molar-refractivity contribution in [2.75, 3.05) is 25.6 Å². The van der Waals surface area contributed by atoms with Gasteiger partial charge in [0.2, 0.25) is 0 Å². The van der Waals surface area contributed by atoms with Crippen LogP contribution in [0.4, 0.5) is 11.5 Å². The molecule has 1 aromatic carbocycles. The summed E-state index contributed by atoms with van der Waals surface area (Å²) >= 11 is 0. The molecular formula is C17H20N4O3. The smallest absolute Gasteiger partial charge is 0.270 e. The van der Waals surface area contributed by atoms with E-state index in [1.165, 1.54) is 13.3 Å². The zero-order valence-electron chi connectivity index (χ0n) is 13.7. The number of methoxy groups -OCH3 is 1. The molecule has 1 heterocycles. The van der Waals surface area contributed by atoms with E-state index in [-0.39, 0.29) is 17.4 Å². The monoisotopic (exact) mass is 328 g/mol. The Balaban J connectivity index is 1.99. The van der Waals surface area contributed by atoms with E-state index in [4.69, 9.17) is 4.74 Å². The number of hydrogen-bond acceptors (Lipinski definition) is 6. The first kappa shape index (κ1) is 17.6. The van der Waals surface area contributed by atoms with Crippen molar-refractivity contribution < 1.29 is 14.3 Å². The van der Waals surface area contributed by atoms with Crippen molar-refractivity contribution in [2.45, 2.75) is 13.3 Å². The van der Waals surface area contributed by atoms with Gasteiger partial charge < -0.3 is 15.4 Å². The van der Waals surface area contributed by atoms with Crippen molar-refractivity contribution in [2.24, 2.45) is 0 Å². The minimum Gasteiger partial charge on any atom is -0.385 e. The van der Waals surface area contributed by atoms with E-state index in [1.807, 2.05) is 0 Å². The van der Waals surface area contributed by atoms with E-state index >= 15 is 0 Å². The van der Waals surface area contributed by atoms with Gasteiger partial charge in [0.15, 0.2) is 5.78 Å². The molecule has 0 atom stereocenters. The molecule has 0 spiro atoms. The van der Waals surface area contributed by atoms with E-state index in [9.17, 15) is 9.59 Å². The molecule has 7 nitrogen and oxygen atoms in total. The van der Waals surface area contributed by atoms with Crippen molar-refractivity contribution in [3.05, 3.63) is 47.9 Å². The number of amides is 1. The van der Waals surface area contributed by atoms with Crippen LogP contribution in [0.3, 0.4) is 0 Å². The molecule has 0 aliphatic rings. The van der Waals surface area contributed by atoms with Gasteiger partial charge in [-0.2, -0.15) is 0 Å². The molecule has 7 heteroatoms. The maximum Gasteiger partial charge on any atom is 0.270 e. The second-order valence-electron chi connectivity index (χ2n) is 5.15. The molecule has 0 bridgehead atoms. The van der Waals surface area contributed by atoms with Gasteiger partial charge in [-0.25, -0.2) is 9.97 Å². The van der Waals surface area contributed by atoms with Gasteiger partial charge in [-0.3, -0.25) is 9.59 Å². The Morgan fingerprint density at radius 2 is 1.92 bits per heavy atom. The lowest BCUT2D eigenvalue weighted by molar-refractivity contribution is 0.0942. The average Bonchev–Trinajstić information content (AvgIpc) is 2.59. The molecule has 0 saturated carbocycles. The summed E-state index contributed by atoms with van der Waals surface area (Å²) < 4.78 is 4.93. The maximum atomic E-state index is 12.0. The van der Waals surface area contributed by atoms with Crippen LogP contribution in [0.2, 0.25) is 0 Å². The minimum atomic E-state index is -0.261. The number of ketones is 1. The normalized spacial score (nSPS) is 10.2. The fourth-order valence-corrected chi connectivity index (χ4v) is 1.99. The summed E-state index contributed by atoms with van der Waals surface area (Å²) in [4.78, 5) is 31.4. The second-order valence-corrected chi connectivity index (χ2v) is 5.15. The number of Topliss-reactive ketones (excluding diaryl/α,β-unsaturated/α-hetero) is 1. The van der Waals surface area contributed by atoms with E-state index in [0.29, 0.717) is 24.5 Å². The Morgan fingerprint density at radius 1 is 1.17 bits per heavy atom. The number of nitrogens with zero attached hydrogens (tertiary/aromatic N) is 2. The van der Waals surface area contributed by atoms with Crippen LogP contribution in [0, 0.1) is 0 Å². The van der Waals surface area contributed by atoms with Crippen molar-refractivity contribution in [1.29, 1.82) is 0 Å². The third-order valence-corrected chi connectivity index (χ3v) is 3.27. The lowest BCUT2D eigenvalue weighted by Gasteiger charge is -2.08. The van der Waals surface area contributed by atoms with Crippen LogP contribution in [0.15, 0.2) is 36.7 Å². The summed E-state index contributed by atoms with van der Waals surface area (Å²) in [7, 11) is 1.62. The van der Waals surface area contributed by atoms with Crippen LogP contribution in [0.25, 0.3) is 0 Å². The SMILES string of the molecule is COCCCNC(=O)c1cc(Nc2ccc(C(C)=O)cc2)ncn1. The van der Waals surface area contributed by atoms with Crippen LogP contribution in [0.5, 0.6) is 0 Å². The van der Waals surface area contributed by atoms with Crippen molar-refractivity contribution >= 4 is 23.2 Å². The molecule has 0 aliphatic carbocycles. The third-order valence-electron chi connectivity index (χ3n) is 3.27. The van der Waals surface area contributed by atoms with E-state index in [2.05, 4.69) is 20.6 Å². The van der Waals surface area contributed by atoms with Crippen LogP contribution >= 0.6 is 0 Å². The summed E-state index contributed by atoms with van der Waals surface area (Å²) in [6.07, 6.45) is 2.07. The van der Waals surface area contributed by atoms with E-state index in [1.54, 1.807) is 37.4 Å². The Kier molecular flexibility index (Phi) is 6.39. The predicted molar refractivity (Wildman–Crippen MR) is 90.6 cm³/mol. The highest BCUT2D eigenvalue weighted by atomic mass is 16.5. The molecule has 0 unspecified atom stereocenters. The molecule has 2 aromatic rings. The lowest BCUT2D eigenvalue weighted by Crippen LogP contribution is -2.26. The highest BCUT2D eigenvalue weighted by Gasteiger charge is 2.08. The van der Waals surface area contributed by atoms with Gasteiger partial charge in [-0.1, -0.05) is 0 Å². The van der Waals surface area contributed by atoms with Crippen LogP contribution in [-0.2, 0) is 4.74 Å². The number of benzene rings is 1. The van der Waals surface area contributed by atoms with Gasteiger partial charge in [-0.05, 0) is 37.6 Å². The van der Waals surface area contributed by atoms with Crippen LogP contribution < -0.4 is 10.6 Å². The molecule has 1 amide bonds. The van der Waals surface area contributed by atoms with E-state index < -0.39 is 0 Å². The van der Waals surface area contributed by atoms with Gasteiger partial charge in [0.05, 0.1) is 0 Å². The van der Waals surface area contributed by atoms with Gasteiger partial charge in [0, 0.05) is 37.6 Å². The number of rotatable bonds is 8. The van der Waals surface area contributed by atoms with Gasteiger partial charge >= 0.3 is 0 Å². The number of hydrogen-bond donors (Lipinski definition) is 2. The Labute approximate surface area is 140 Å². The number of anilines is 2. The maximum absolute atomic E-state index is 12.0. The predicted octanol–water partition coefficient (Wildman–Crippen LogP) is 2.19. The van der Waals surface area contributed by atoms with Crippen molar-refractivity contribution in [3.8, 4) is 0 Å². The van der Waals surface area contributed by atoms with Crippen LogP contribution in [0.1, 0.15) is 34.2 Å². The standard InChI is InChI=1S/C17H20N4O3/c1-12(22)13-4-6-14(7-5-13)21-16-10-15(19-11-20-16)17(23)18-8-3-9-24-2/h4-7,10-11H,3,8-9H2,1-2H3,(H,18,23)(H,19,20,21). The zero-order chi connectivity index (χ0) is 17.4. The lowest BCUT2D eigenvalue weighted by atomic mass is 10.1. The Hall–Kier alpha value is -2.80. The molecule has 0 fully saturated rings. The fraction of sp³-hybridized carbons (Fsp3) is 0.294. The summed E-state index contributed by atoms with van der Waals surface area (Å²) in [5, 5.41) is 5.85. The topological polar surface area (TPSA) is 93.2 Å². The highest BCUT2D eigenvalue weighted by molar-refractivity contribution is 5.94. The molecule has 2 N–H and O–H groups in total. The molecule has 0 aliphatic heterocycles. The molecule has 2 rings (SSSR count). The molecule has 0 saturated heterocycles. The fourth-order valence-electron chi connectivity index (χ4n) is 1.99. The number of carbonyl (C=O) groups is 2. The zero-order valence-corrected chi connectivity index (χ0v) is 13.7. The summed E-state index contributed by atoms with van der Waals surface area (Å²) in [6, 6.07) is 8.60. The summed E-state index contributed by atoms with van der Waals surface area (Å²) in [5.74, 6) is 0.252. The minimum absolute atomic E-state index is 0.0102. The first-order valence-electron chi connectivity index (χ1n) is 7.57. The van der Waals surface area contributed by atoms with Crippen LogP contribution in [-0.4, -0.2) is 41.9 Å². The third kappa shape index (κ3) is 5.13. The number of nitrogens with one attached hydrogen (secondary N) is 2. The molecule has 126 valence electrons. The molecule has 0 radical (unpaired) electrons. The number of aromatic nitrogens is 2. The molecular weight excluding hydrogens is 308 g/mol. The average molecular weight is 328 g/mol. The largest absolute Gasteiger partial charge is 0.385 e. The quantitative estimate of drug-likeness (QED) is 0.570. The number of carbonyl (C=O) groups excluding carboxylic acids is 2. The van der Waals surface area contributed by atoms with Crippen molar-refractivity contribution in [1.82, 2.24) is 15.3 Å². The van der Waals surface area contributed by atoms with E-state index in [0.717, 1.165) is 12.1 Å². The summed E-state index contributed by atoms with van der Waals surface area (Å²) in [5.41, 5.74) is 1.69. The van der Waals surface area contributed by atoms with Gasteiger partial charge in [-0.15, -0.1) is 0 Å². The summed E-state index contributed by atoms with van der Waals surface area (Å²) in [6.45, 7) is 2.63. The van der Waals surface area contributed by atoms with Gasteiger partial charge in [0.1, 0.15) is 17.8 Å². The second kappa shape index (κ2) is 8.73. The first-order chi connectivity index (χ1) is 11.6. The van der Waals surface area contributed by atoms with Crippen molar-refractivity contribution in [3.63, 3.8) is 0 Å². The van der Waals surface area contributed by atoms with Gasteiger partial charge in [0.25, 0.3) is 5.91 Å². The first-order valence-corrected chi connectivity index (χ1v) is 7.57. The molecule has 24 heavy (non-hydrogen) atoms. The molecule has 1 aromatic heterocycles. The Bertz CT molecular complexity index is 701. The number of ether oxygens (including phenoxy) is 1. The Morgan fingerprint density at radius 3 is 2.58 bits per heavy atom. The highest BCUT2D eigenvalue weighted by Crippen LogP contribution is 2.15.